The lowest BCUT2D eigenvalue weighted by molar-refractivity contribution is -0.137. The molecule has 0 aliphatic rings. The van der Waals surface area contributed by atoms with Crippen LogP contribution in [0.2, 0.25) is 0 Å². The third-order valence-electron chi connectivity index (χ3n) is 7.42. The summed E-state index contributed by atoms with van der Waals surface area (Å²) in [5.74, 6) is -11.2. The van der Waals surface area contributed by atoms with Gasteiger partial charge < -0.3 is 25.2 Å². The molecule has 0 aliphatic carbocycles. The van der Waals surface area contributed by atoms with Crippen LogP contribution in [-0.2, 0) is 9.59 Å². The lowest BCUT2D eigenvalue weighted by Crippen LogP contribution is -2.11. The zero-order valence-electron chi connectivity index (χ0n) is 29.7. The van der Waals surface area contributed by atoms with Gasteiger partial charge in [-0.25, -0.2) is 27.2 Å². The molecule has 56 heavy (non-hydrogen) atoms. The molecule has 0 spiro atoms. The molecule has 9 nitrogen and oxygen atoms in total. The molecule has 0 amide bonds. The highest BCUT2D eigenvalue weighted by Crippen LogP contribution is 2.23. The molecule has 4 rings (SSSR count). The lowest BCUT2D eigenvalue weighted by atomic mass is 10.0. The van der Waals surface area contributed by atoms with Gasteiger partial charge in [-0.3, -0.25) is 9.59 Å². The number of unbranched alkanes of at least 4 members (excludes halogenated alkanes) is 3. The van der Waals surface area contributed by atoms with E-state index >= 15 is 0 Å². The van der Waals surface area contributed by atoms with Gasteiger partial charge in [0.05, 0.1) is 5.56 Å². The van der Waals surface area contributed by atoms with Crippen LogP contribution in [-0.4, -0.2) is 49.9 Å². The molecule has 0 fully saturated rings. The van der Waals surface area contributed by atoms with Crippen LogP contribution in [0.5, 0.6) is 0 Å². The molecule has 1 atom stereocenters. The Morgan fingerprint density at radius 3 is 1.54 bits per heavy atom. The van der Waals surface area contributed by atoms with Gasteiger partial charge in [0.2, 0.25) is 0 Å². The highest BCUT2D eigenvalue weighted by Gasteiger charge is 2.26. The minimum absolute atomic E-state index is 0. The first kappa shape index (κ1) is 54.7. The Morgan fingerprint density at radius 2 is 1.09 bits per heavy atom. The minimum Gasteiger partial charge on any atom is -0.481 e. The van der Waals surface area contributed by atoms with Crippen molar-refractivity contribution in [2.75, 3.05) is 0 Å². The predicted molar refractivity (Wildman–Crippen MR) is 209 cm³/mol. The second-order valence-electron chi connectivity index (χ2n) is 11.7. The molecule has 308 valence electrons. The maximum Gasteiger partial charge on any atom is 0.339 e. The van der Waals surface area contributed by atoms with Gasteiger partial charge in [-0.05, 0) is 57.7 Å². The molecular formula is C43H54F4O9. The van der Waals surface area contributed by atoms with Crippen LogP contribution < -0.4 is 0 Å². The Morgan fingerprint density at radius 1 is 0.607 bits per heavy atom. The van der Waals surface area contributed by atoms with Gasteiger partial charge in [-0.2, -0.15) is 0 Å². The monoisotopic (exact) mass is 790 g/mol. The molecular weight excluding hydrogens is 736 g/mol. The molecule has 1 unspecified atom stereocenters. The maximum absolute atomic E-state index is 12.8. The van der Waals surface area contributed by atoms with Crippen molar-refractivity contribution < 1.29 is 62.0 Å². The number of carboxylic acid groups (broad SMARTS) is 3. The van der Waals surface area contributed by atoms with E-state index in [-0.39, 0.29) is 40.3 Å². The number of rotatable bonds is 12. The van der Waals surface area contributed by atoms with Crippen LogP contribution in [0.15, 0.2) is 78.9 Å². The molecule has 0 aromatic heterocycles. The number of aliphatic carboxylic acids is 1. The van der Waals surface area contributed by atoms with Crippen LogP contribution in [0.3, 0.4) is 0 Å². The van der Waals surface area contributed by atoms with Gasteiger partial charge in [0.25, 0.3) is 0 Å². The van der Waals surface area contributed by atoms with Crippen molar-refractivity contribution >= 4 is 29.5 Å². The highest BCUT2D eigenvalue weighted by atomic mass is 19.2. The van der Waals surface area contributed by atoms with Gasteiger partial charge in [-0.15, -0.1) is 0 Å². The number of aliphatic hydroxyl groups excluding tert-OH is 1. The fourth-order valence-electron chi connectivity index (χ4n) is 4.60. The summed E-state index contributed by atoms with van der Waals surface area (Å²) in [6.07, 6.45) is 3.31. The van der Waals surface area contributed by atoms with Crippen LogP contribution in [0.25, 0.3) is 0 Å². The highest BCUT2D eigenvalue weighted by molar-refractivity contribution is 5.99. The fraction of sp³-hybridized carbons (Fsp3) is 0.326. The first-order chi connectivity index (χ1) is 24.9. The Labute approximate surface area is 326 Å². The third kappa shape index (κ3) is 18.6. The molecule has 0 saturated carbocycles. The van der Waals surface area contributed by atoms with Crippen molar-refractivity contribution in [2.24, 2.45) is 0 Å². The number of aromatic carboxylic acids is 2. The number of carbonyl (C=O) groups is 5. The van der Waals surface area contributed by atoms with E-state index in [1.54, 1.807) is 74.5 Å². The number of carboxylic acids is 3. The van der Waals surface area contributed by atoms with Gasteiger partial charge in [0.1, 0.15) is 17.5 Å². The van der Waals surface area contributed by atoms with Crippen LogP contribution in [0, 0.1) is 44.0 Å². The van der Waals surface area contributed by atoms with E-state index in [9.17, 15) is 46.6 Å². The van der Waals surface area contributed by atoms with Crippen molar-refractivity contribution in [1.82, 2.24) is 0 Å². The molecule has 0 bridgehead atoms. The quantitative estimate of drug-likeness (QED) is 0.0359. The van der Waals surface area contributed by atoms with E-state index in [1.807, 2.05) is 25.1 Å². The summed E-state index contributed by atoms with van der Waals surface area (Å²) in [6.45, 7) is 6.18. The number of hydrogen-bond acceptors (Lipinski definition) is 6. The number of aliphatic hydroxyl groups is 1. The van der Waals surface area contributed by atoms with E-state index in [2.05, 4.69) is 0 Å². The van der Waals surface area contributed by atoms with E-state index in [1.165, 1.54) is 0 Å². The van der Waals surface area contributed by atoms with Crippen LogP contribution >= 0.6 is 0 Å². The SMILES string of the molecule is C.C.C.CC(=O)CCCCCCC(=O)O.Cc1c(F)c(F)c(F)c(F)c1C(=O)O.Cc1ccc(C(=O)O)c(C)c1.O=C(c1ccccc1)C(O)c1ccccc1. The summed E-state index contributed by atoms with van der Waals surface area (Å²) in [5, 5.41) is 35.2. The standard InChI is InChI=1S/C14H12O2.C9H16O3.C9H10O2.C8H4F4O2.3CH4/c15-13(11-7-3-1-4-8-11)14(16)12-9-5-2-6-10-12;1-8(10)6-4-2-3-5-7-9(11)12;1-6-3-4-8(9(10)11)7(2)5-6;1-2-3(8(13)14)5(10)7(12)6(11)4(2)9;;;/h1-10,13,15H;2-7H2,1H3,(H,11,12);3-5H,1-2H3,(H,10,11);1H3,(H,13,14);3*1H4. The fourth-order valence-corrected chi connectivity index (χ4v) is 4.60. The largest absolute Gasteiger partial charge is 0.481 e. The summed E-state index contributed by atoms with van der Waals surface area (Å²) < 4.78 is 50.6. The van der Waals surface area contributed by atoms with Crippen molar-refractivity contribution in [3.63, 3.8) is 0 Å². The minimum atomic E-state index is -2.12. The number of ketones is 2. The van der Waals surface area contributed by atoms with Crippen LogP contribution in [0.1, 0.15) is 127 Å². The van der Waals surface area contributed by atoms with Crippen molar-refractivity contribution in [3.8, 4) is 0 Å². The maximum atomic E-state index is 12.8. The van der Waals surface area contributed by atoms with E-state index in [0.29, 0.717) is 23.1 Å². The molecule has 13 heteroatoms. The zero-order valence-corrected chi connectivity index (χ0v) is 29.7. The first-order valence-electron chi connectivity index (χ1n) is 16.3. The average Bonchev–Trinajstić information content (AvgIpc) is 3.12. The van der Waals surface area contributed by atoms with Crippen molar-refractivity contribution in [1.29, 1.82) is 0 Å². The third-order valence-corrected chi connectivity index (χ3v) is 7.42. The average molecular weight is 791 g/mol. The number of Topliss-reactive ketones (excluding diaryl/α,β-unsaturated/α-hetero) is 2. The van der Waals surface area contributed by atoms with Crippen molar-refractivity contribution in [3.05, 3.63) is 141 Å². The lowest BCUT2D eigenvalue weighted by Gasteiger charge is -2.09. The summed E-state index contributed by atoms with van der Waals surface area (Å²) >= 11 is 0. The number of hydrogen-bond donors (Lipinski definition) is 4. The molecule has 4 aromatic rings. The van der Waals surface area contributed by atoms with Gasteiger partial charge in [0, 0.05) is 24.0 Å². The number of benzene rings is 4. The predicted octanol–water partition coefficient (Wildman–Crippen LogP) is 10.8. The Hall–Kier alpha value is -5.69. The van der Waals surface area contributed by atoms with Gasteiger partial charge in [0.15, 0.2) is 29.1 Å². The van der Waals surface area contributed by atoms with E-state index in [0.717, 1.165) is 43.7 Å². The first-order valence-corrected chi connectivity index (χ1v) is 16.3. The Bertz CT molecular complexity index is 1800. The summed E-state index contributed by atoms with van der Waals surface area (Å²) in [7, 11) is 0. The number of aryl methyl sites for hydroxylation is 2. The molecule has 0 aliphatic heterocycles. The van der Waals surface area contributed by atoms with Gasteiger partial charge >= 0.3 is 17.9 Å². The summed E-state index contributed by atoms with van der Waals surface area (Å²) in [5.41, 5.74) is 1.48. The Kier molecular flexibility index (Phi) is 27.2. The number of carbonyl (C=O) groups excluding carboxylic acids is 2. The summed E-state index contributed by atoms with van der Waals surface area (Å²) in [4.78, 5) is 53.4. The molecule has 0 radical (unpaired) electrons. The van der Waals surface area contributed by atoms with Crippen molar-refractivity contribution in [2.45, 2.75) is 94.6 Å². The Balaban J connectivity index is -0.000000664. The van der Waals surface area contributed by atoms with Gasteiger partial charge in [-0.1, -0.05) is 113 Å². The molecule has 4 aromatic carbocycles. The smallest absolute Gasteiger partial charge is 0.339 e. The second kappa shape index (κ2) is 27.8. The molecule has 4 N–H and O–H groups in total. The normalized spacial score (nSPS) is 10.0. The van der Waals surface area contributed by atoms with E-state index in [4.69, 9.17) is 15.3 Å². The zero-order chi connectivity index (χ0) is 40.2. The number of halogens is 4. The molecule has 0 heterocycles. The topological polar surface area (TPSA) is 166 Å². The second-order valence-corrected chi connectivity index (χ2v) is 11.7. The molecule has 0 saturated heterocycles. The van der Waals surface area contributed by atoms with E-state index < -0.39 is 58.4 Å². The van der Waals surface area contributed by atoms with Crippen LogP contribution in [0.4, 0.5) is 17.6 Å². The summed E-state index contributed by atoms with van der Waals surface area (Å²) in [6, 6.07) is 23.0.